The predicted molar refractivity (Wildman–Crippen MR) is 107 cm³/mol. The van der Waals surface area contributed by atoms with Crippen LogP contribution in [0.2, 0.25) is 0 Å². The van der Waals surface area contributed by atoms with Crippen LogP contribution in [0.15, 0.2) is 42.4 Å². The highest BCUT2D eigenvalue weighted by molar-refractivity contribution is 5.65. The van der Waals surface area contributed by atoms with Crippen molar-refractivity contribution in [2.45, 2.75) is 58.0 Å². The molecule has 0 bridgehead atoms. The smallest absolute Gasteiger partial charge is 0.131 e. The summed E-state index contributed by atoms with van der Waals surface area (Å²) in [5.41, 5.74) is 3.30. The van der Waals surface area contributed by atoms with Gasteiger partial charge in [-0.2, -0.15) is 0 Å². The SMILES string of the molecule is CCC1CC(NC(C)c2cc(F)c(-c3ccnc(CC4CC4)c3)cc2F)=CN1. The van der Waals surface area contributed by atoms with Gasteiger partial charge in [-0.3, -0.25) is 4.98 Å². The normalized spacial score (nSPS) is 19.9. The Hall–Kier alpha value is -2.43. The first kappa shape index (κ1) is 18.9. The van der Waals surface area contributed by atoms with Crippen molar-refractivity contribution >= 4 is 0 Å². The molecule has 2 aromatic rings. The third-order valence-electron chi connectivity index (χ3n) is 5.73. The molecule has 1 aromatic heterocycles. The van der Waals surface area contributed by atoms with Crippen LogP contribution in [0.3, 0.4) is 0 Å². The largest absolute Gasteiger partial charge is 0.386 e. The minimum atomic E-state index is -0.404. The molecular weight excluding hydrogens is 356 g/mol. The highest BCUT2D eigenvalue weighted by atomic mass is 19.1. The van der Waals surface area contributed by atoms with Gasteiger partial charge in [-0.15, -0.1) is 0 Å². The molecule has 0 saturated heterocycles. The van der Waals surface area contributed by atoms with E-state index in [1.54, 1.807) is 12.3 Å². The first-order valence-electron chi connectivity index (χ1n) is 10.2. The van der Waals surface area contributed by atoms with Crippen LogP contribution in [-0.2, 0) is 6.42 Å². The average molecular weight is 383 g/mol. The summed E-state index contributed by atoms with van der Waals surface area (Å²) in [5.74, 6) is -0.0977. The number of nitrogens with one attached hydrogen (secondary N) is 2. The number of rotatable bonds is 7. The summed E-state index contributed by atoms with van der Waals surface area (Å²) in [7, 11) is 0. The molecule has 5 heteroatoms. The summed E-state index contributed by atoms with van der Waals surface area (Å²) in [5, 5.41) is 6.60. The van der Waals surface area contributed by atoms with Crippen LogP contribution in [0.1, 0.15) is 56.8 Å². The number of aromatic nitrogens is 1. The van der Waals surface area contributed by atoms with Gasteiger partial charge in [0.1, 0.15) is 11.6 Å². The maximum Gasteiger partial charge on any atom is 0.131 e. The van der Waals surface area contributed by atoms with Crippen LogP contribution >= 0.6 is 0 Å². The van der Waals surface area contributed by atoms with Gasteiger partial charge in [-0.1, -0.05) is 6.92 Å². The molecule has 28 heavy (non-hydrogen) atoms. The van der Waals surface area contributed by atoms with Gasteiger partial charge in [-0.05, 0) is 68.4 Å². The second-order valence-electron chi connectivity index (χ2n) is 8.05. The lowest BCUT2D eigenvalue weighted by molar-refractivity contribution is 0.535. The topological polar surface area (TPSA) is 37.0 Å². The lowest BCUT2D eigenvalue weighted by atomic mass is 9.99. The van der Waals surface area contributed by atoms with E-state index >= 15 is 0 Å². The Morgan fingerprint density at radius 1 is 1.21 bits per heavy atom. The van der Waals surface area contributed by atoms with Crippen molar-refractivity contribution in [3.8, 4) is 11.1 Å². The molecule has 1 aliphatic heterocycles. The summed E-state index contributed by atoms with van der Waals surface area (Å²) in [6.45, 7) is 3.98. The van der Waals surface area contributed by atoms with Gasteiger partial charge in [0.05, 0.1) is 6.04 Å². The summed E-state index contributed by atoms with van der Waals surface area (Å²) < 4.78 is 29.7. The lowest BCUT2D eigenvalue weighted by Crippen LogP contribution is -2.20. The fourth-order valence-electron chi connectivity index (χ4n) is 3.81. The zero-order valence-electron chi connectivity index (χ0n) is 16.4. The van der Waals surface area contributed by atoms with Gasteiger partial charge >= 0.3 is 0 Å². The van der Waals surface area contributed by atoms with Gasteiger partial charge in [-0.25, -0.2) is 8.78 Å². The quantitative estimate of drug-likeness (QED) is 0.686. The second-order valence-corrected chi connectivity index (χ2v) is 8.05. The molecule has 1 aliphatic carbocycles. The second kappa shape index (κ2) is 7.90. The molecule has 4 rings (SSSR count). The summed E-state index contributed by atoms with van der Waals surface area (Å²) in [6.07, 6.45) is 8.92. The first-order chi connectivity index (χ1) is 13.5. The molecule has 2 N–H and O–H groups in total. The van der Waals surface area contributed by atoms with Gasteiger partial charge in [0.15, 0.2) is 0 Å². The maximum absolute atomic E-state index is 14.9. The monoisotopic (exact) mass is 383 g/mol. The van der Waals surface area contributed by atoms with Gasteiger partial charge in [0, 0.05) is 47.4 Å². The standard InChI is InChI=1S/C23H27F2N3/c1-3-17-10-19(13-27-17)28-14(2)20-11-23(25)21(12-22(20)24)16-6-7-26-18(9-16)8-15-4-5-15/h6-7,9,11-15,17,27-28H,3-5,8,10H2,1-2H3. The Balaban J connectivity index is 1.53. The van der Waals surface area contributed by atoms with E-state index < -0.39 is 11.6 Å². The molecular formula is C23H27F2N3. The van der Waals surface area contributed by atoms with Gasteiger partial charge < -0.3 is 10.6 Å². The van der Waals surface area contributed by atoms with E-state index in [0.29, 0.717) is 28.7 Å². The van der Waals surface area contributed by atoms with Crippen molar-refractivity contribution in [2.75, 3.05) is 0 Å². The van der Waals surface area contributed by atoms with E-state index in [4.69, 9.17) is 0 Å². The Bertz CT molecular complexity index is 889. The van der Waals surface area contributed by atoms with Crippen molar-refractivity contribution < 1.29 is 8.78 Å². The van der Waals surface area contributed by atoms with E-state index in [2.05, 4.69) is 22.5 Å². The summed E-state index contributed by atoms with van der Waals surface area (Å²) in [4.78, 5) is 4.38. The first-order valence-corrected chi connectivity index (χ1v) is 10.2. The number of nitrogens with zero attached hydrogens (tertiary/aromatic N) is 1. The Labute approximate surface area is 165 Å². The van der Waals surface area contributed by atoms with E-state index in [9.17, 15) is 8.78 Å². The van der Waals surface area contributed by atoms with Crippen molar-refractivity contribution in [2.24, 2.45) is 5.92 Å². The third-order valence-corrected chi connectivity index (χ3v) is 5.73. The molecule has 0 amide bonds. The molecule has 0 radical (unpaired) electrons. The Kier molecular flexibility index (Phi) is 5.33. The van der Waals surface area contributed by atoms with E-state index in [1.807, 2.05) is 19.2 Å². The molecule has 2 heterocycles. The fourth-order valence-corrected chi connectivity index (χ4v) is 3.81. The minimum absolute atomic E-state index is 0.292. The van der Waals surface area contributed by atoms with Gasteiger partial charge in [0.25, 0.3) is 0 Å². The fraction of sp³-hybridized carbons (Fsp3) is 0.435. The number of pyridine rings is 1. The molecule has 3 nitrogen and oxygen atoms in total. The highest BCUT2D eigenvalue weighted by Crippen LogP contribution is 2.34. The molecule has 148 valence electrons. The minimum Gasteiger partial charge on any atom is -0.386 e. The van der Waals surface area contributed by atoms with Crippen LogP contribution in [-0.4, -0.2) is 11.0 Å². The molecule has 1 saturated carbocycles. The summed E-state index contributed by atoms with van der Waals surface area (Å²) in [6, 6.07) is 6.37. The molecule has 1 fully saturated rings. The number of halogens is 2. The van der Waals surface area contributed by atoms with Crippen molar-refractivity contribution in [3.05, 3.63) is 65.3 Å². The van der Waals surface area contributed by atoms with Gasteiger partial charge in [0.2, 0.25) is 0 Å². The third kappa shape index (κ3) is 4.18. The van der Waals surface area contributed by atoms with Crippen LogP contribution in [0.5, 0.6) is 0 Å². The van der Waals surface area contributed by atoms with E-state index in [1.165, 1.54) is 25.0 Å². The van der Waals surface area contributed by atoms with E-state index in [-0.39, 0.29) is 6.04 Å². The summed E-state index contributed by atoms with van der Waals surface area (Å²) >= 11 is 0. The zero-order chi connectivity index (χ0) is 19.7. The molecule has 2 atom stereocenters. The lowest BCUT2D eigenvalue weighted by Gasteiger charge is -2.18. The predicted octanol–water partition coefficient (Wildman–Crippen LogP) is 5.24. The Morgan fingerprint density at radius 2 is 2.04 bits per heavy atom. The molecule has 1 aromatic carbocycles. The van der Waals surface area contributed by atoms with Crippen molar-refractivity contribution in [3.63, 3.8) is 0 Å². The van der Waals surface area contributed by atoms with Crippen LogP contribution in [0, 0.1) is 17.6 Å². The molecule has 0 spiro atoms. The molecule has 2 unspecified atom stereocenters. The number of benzene rings is 1. The Morgan fingerprint density at radius 3 is 2.75 bits per heavy atom. The number of hydrogen-bond donors (Lipinski definition) is 2. The van der Waals surface area contributed by atoms with Crippen LogP contribution in [0.4, 0.5) is 8.78 Å². The van der Waals surface area contributed by atoms with Crippen molar-refractivity contribution in [1.29, 1.82) is 0 Å². The average Bonchev–Trinajstić information content (AvgIpc) is 3.38. The zero-order valence-corrected chi connectivity index (χ0v) is 16.4. The molecule has 2 aliphatic rings. The van der Waals surface area contributed by atoms with E-state index in [0.717, 1.165) is 30.7 Å². The maximum atomic E-state index is 14.9. The van der Waals surface area contributed by atoms with Crippen LogP contribution < -0.4 is 10.6 Å². The highest BCUT2D eigenvalue weighted by Gasteiger charge is 2.23. The van der Waals surface area contributed by atoms with Crippen LogP contribution in [0.25, 0.3) is 11.1 Å². The number of hydrogen-bond acceptors (Lipinski definition) is 3. The van der Waals surface area contributed by atoms with Crippen molar-refractivity contribution in [1.82, 2.24) is 15.6 Å².